The van der Waals surface area contributed by atoms with Crippen LogP contribution in [0.3, 0.4) is 0 Å². The largest absolute Gasteiger partial charge is 0.330 e. The van der Waals surface area contributed by atoms with Gasteiger partial charge in [-0.15, -0.1) is 0 Å². The van der Waals surface area contributed by atoms with E-state index in [2.05, 4.69) is 4.98 Å². The molecule has 0 bridgehead atoms. The molecular weight excluding hydrogens is 358 g/mol. The van der Waals surface area contributed by atoms with Crippen LogP contribution in [0.2, 0.25) is 5.02 Å². The zero-order valence-electron chi connectivity index (χ0n) is 14.9. The molecule has 0 saturated carbocycles. The quantitative estimate of drug-likeness (QED) is 0.662. The molecule has 1 aromatic carbocycles. The van der Waals surface area contributed by atoms with E-state index in [9.17, 15) is 4.79 Å². The number of benzene rings is 1. The number of likely N-dealkylation sites (tertiary alicyclic amines) is 1. The van der Waals surface area contributed by atoms with Gasteiger partial charge in [-0.05, 0) is 54.8 Å². The lowest BCUT2D eigenvalue weighted by Gasteiger charge is -2.24. The van der Waals surface area contributed by atoms with Crippen LogP contribution in [0.5, 0.6) is 0 Å². The van der Waals surface area contributed by atoms with E-state index in [1.54, 1.807) is 18.5 Å². The molecule has 1 amide bonds. The highest BCUT2D eigenvalue weighted by molar-refractivity contribution is 6.30. The topological polar surface area (TPSA) is 46.1 Å². The summed E-state index contributed by atoms with van der Waals surface area (Å²) in [5.41, 5.74) is 3.74. The van der Waals surface area contributed by atoms with Crippen molar-refractivity contribution in [1.82, 2.24) is 14.9 Å². The van der Waals surface area contributed by atoms with Gasteiger partial charge >= 0.3 is 0 Å². The molecule has 27 heavy (non-hydrogen) atoms. The molecule has 0 aliphatic carbocycles. The molecule has 0 N–H and O–H groups in total. The fourth-order valence-electron chi connectivity index (χ4n) is 3.57. The molecule has 1 aliphatic rings. The average molecular weight is 378 g/mol. The minimum absolute atomic E-state index is 0.0165. The Morgan fingerprint density at radius 3 is 2.74 bits per heavy atom. The van der Waals surface area contributed by atoms with Crippen LogP contribution in [0.1, 0.15) is 46.2 Å². The Morgan fingerprint density at radius 2 is 1.96 bits per heavy atom. The number of hydrogen-bond acceptors (Lipinski definition) is 3. The molecule has 3 aromatic rings. The highest BCUT2D eigenvalue weighted by atomic mass is 35.5. The van der Waals surface area contributed by atoms with Gasteiger partial charge in [0.2, 0.25) is 0 Å². The first kappa shape index (κ1) is 17.7. The molecule has 0 spiro atoms. The monoisotopic (exact) mass is 377 g/mol. The van der Waals surface area contributed by atoms with Gasteiger partial charge in [0, 0.05) is 36.1 Å². The zero-order valence-corrected chi connectivity index (χ0v) is 15.6. The summed E-state index contributed by atoms with van der Waals surface area (Å²) in [4.78, 5) is 23.7. The number of nitrogens with zero attached hydrogens (tertiary/aromatic N) is 3. The number of amides is 1. The SMILES string of the molecule is O=C(c1cccnc1)N1CCCC1c1cccc(Cc2ccc(Cl)cc2)n1. The third kappa shape index (κ3) is 4.01. The molecule has 1 atom stereocenters. The second kappa shape index (κ2) is 7.89. The summed E-state index contributed by atoms with van der Waals surface area (Å²) >= 11 is 5.96. The van der Waals surface area contributed by atoms with Gasteiger partial charge in [0.1, 0.15) is 0 Å². The van der Waals surface area contributed by atoms with Gasteiger partial charge in [0.05, 0.1) is 17.3 Å². The van der Waals surface area contributed by atoms with E-state index in [4.69, 9.17) is 16.6 Å². The van der Waals surface area contributed by atoms with Gasteiger partial charge in [-0.2, -0.15) is 0 Å². The molecule has 4 nitrogen and oxygen atoms in total. The number of halogens is 1. The van der Waals surface area contributed by atoms with Crippen LogP contribution in [0.15, 0.2) is 67.0 Å². The van der Waals surface area contributed by atoms with E-state index >= 15 is 0 Å². The van der Waals surface area contributed by atoms with Crippen molar-refractivity contribution in [1.29, 1.82) is 0 Å². The molecule has 1 unspecified atom stereocenters. The van der Waals surface area contributed by atoms with Gasteiger partial charge < -0.3 is 4.90 Å². The third-order valence-electron chi connectivity index (χ3n) is 4.89. The van der Waals surface area contributed by atoms with Crippen LogP contribution in [0.4, 0.5) is 0 Å². The van der Waals surface area contributed by atoms with Crippen molar-refractivity contribution in [3.8, 4) is 0 Å². The Kier molecular flexibility index (Phi) is 5.16. The van der Waals surface area contributed by atoms with Crippen molar-refractivity contribution in [3.63, 3.8) is 0 Å². The Labute approximate surface area is 163 Å². The highest BCUT2D eigenvalue weighted by Crippen LogP contribution is 2.32. The Bertz CT molecular complexity index is 928. The smallest absolute Gasteiger partial charge is 0.255 e. The Hall–Kier alpha value is -2.72. The number of carbonyl (C=O) groups excluding carboxylic acids is 1. The van der Waals surface area contributed by atoms with Gasteiger partial charge in [0.25, 0.3) is 5.91 Å². The molecule has 5 heteroatoms. The second-order valence-corrected chi connectivity index (χ2v) is 7.19. The number of pyridine rings is 2. The van der Waals surface area contributed by atoms with Crippen molar-refractivity contribution in [3.05, 3.63) is 94.5 Å². The zero-order chi connectivity index (χ0) is 18.6. The fourth-order valence-corrected chi connectivity index (χ4v) is 3.69. The minimum Gasteiger partial charge on any atom is -0.330 e. The Morgan fingerprint density at radius 1 is 1.11 bits per heavy atom. The van der Waals surface area contributed by atoms with Gasteiger partial charge in [-0.1, -0.05) is 29.8 Å². The van der Waals surface area contributed by atoms with Crippen LogP contribution < -0.4 is 0 Å². The minimum atomic E-state index is 0.0165. The van der Waals surface area contributed by atoms with Crippen molar-refractivity contribution >= 4 is 17.5 Å². The van der Waals surface area contributed by atoms with E-state index in [0.717, 1.165) is 42.2 Å². The molecule has 1 saturated heterocycles. The first-order valence-corrected chi connectivity index (χ1v) is 9.50. The summed E-state index contributed by atoms with van der Waals surface area (Å²) in [6.45, 7) is 0.751. The van der Waals surface area contributed by atoms with Crippen molar-refractivity contribution < 1.29 is 4.79 Å². The maximum atomic E-state index is 12.9. The van der Waals surface area contributed by atoms with E-state index in [1.165, 1.54) is 5.56 Å². The van der Waals surface area contributed by atoms with Gasteiger partial charge in [-0.3, -0.25) is 14.8 Å². The molecule has 1 fully saturated rings. The van der Waals surface area contributed by atoms with Gasteiger partial charge in [0.15, 0.2) is 0 Å². The summed E-state index contributed by atoms with van der Waals surface area (Å²) in [6, 6.07) is 17.5. The van der Waals surface area contributed by atoms with Crippen LogP contribution >= 0.6 is 11.6 Å². The van der Waals surface area contributed by atoms with Crippen LogP contribution in [-0.4, -0.2) is 27.3 Å². The van der Waals surface area contributed by atoms with E-state index in [-0.39, 0.29) is 11.9 Å². The summed E-state index contributed by atoms with van der Waals surface area (Å²) < 4.78 is 0. The second-order valence-electron chi connectivity index (χ2n) is 6.76. The predicted molar refractivity (Wildman–Crippen MR) is 106 cm³/mol. The summed E-state index contributed by atoms with van der Waals surface area (Å²) in [5.74, 6) is 0.0236. The van der Waals surface area contributed by atoms with Crippen LogP contribution in [0, 0.1) is 0 Å². The lowest BCUT2D eigenvalue weighted by Crippen LogP contribution is -2.31. The molecular formula is C22H20ClN3O. The molecule has 2 aromatic heterocycles. The van der Waals surface area contributed by atoms with Crippen molar-refractivity contribution in [2.24, 2.45) is 0 Å². The normalized spacial score (nSPS) is 16.5. The number of rotatable bonds is 4. The number of aromatic nitrogens is 2. The van der Waals surface area contributed by atoms with E-state index < -0.39 is 0 Å². The summed E-state index contributed by atoms with van der Waals surface area (Å²) in [6.07, 6.45) is 5.97. The fraction of sp³-hybridized carbons (Fsp3) is 0.227. The lowest BCUT2D eigenvalue weighted by atomic mass is 10.1. The first-order valence-electron chi connectivity index (χ1n) is 9.12. The third-order valence-corrected chi connectivity index (χ3v) is 5.14. The standard InChI is InChI=1S/C22H20ClN3O/c23-18-10-8-16(9-11-18)14-19-5-1-6-20(25-19)21-7-3-13-26(21)22(27)17-4-2-12-24-15-17/h1-2,4-6,8-12,15,21H,3,7,13-14H2. The number of hydrogen-bond donors (Lipinski definition) is 0. The molecule has 3 heterocycles. The lowest BCUT2D eigenvalue weighted by molar-refractivity contribution is 0.0732. The highest BCUT2D eigenvalue weighted by Gasteiger charge is 2.31. The van der Waals surface area contributed by atoms with E-state index in [0.29, 0.717) is 5.56 Å². The van der Waals surface area contributed by atoms with Gasteiger partial charge in [-0.25, -0.2) is 0 Å². The van der Waals surface area contributed by atoms with Crippen LogP contribution in [-0.2, 0) is 6.42 Å². The maximum absolute atomic E-state index is 12.9. The van der Waals surface area contributed by atoms with Crippen molar-refractivity contribution in [2.75, 3.05) is 6.54 Å². The average Bonchev–Trinajstić information content (AvgIpc) is 3.20. The molecule has 4 rings (SSSR count). The number of carbonyl (C=O) groups is 1. The maximum Gasteiger partial charge on any atom is 0.255 e. The van der Waals surface area contributed by atoms with E-state index in [1.807, 2.05) is 53.4 Å². The first-order chi connectivity index (χ1) is 13.2. The predicted octanol–water partition coefficient (Wildman–Crippen LogP) is 4.70. The molecule has 1 aliphatic heterocycles. The summed E-state index contributed by atoms with van der Waals surface area (Å²) in [5, 5.41) is 0.732. The molecule has 136 valence electrons. The molecule has 0 radical (unpaired) electrons. The van der Waals surface area contributed by atoms with Crippen LogP contribution in [0.25, 0.3) is 0 Å². The Balaban J connectivity index is 1.55. The van der Waals surface area contributed by atoms with Crippen molar-refractivity contribution in [2.45, 2.75) is 25.3 Å². The summed E-state index contributed by atoms with van der Waals surface area (Å²) in [7, 11) is 0.